The Morgan fingerprint density at radius 1 is 1.50 bits per heavy atom. The van der Waals surface area contributed by atoms with Crippen molar-refractivity contribution in [1.29, 1.82) is 0 Å². The van der Waals surface area contributed by atoms with Gasteiger partial charge >= 0.3 is 0 Å². The van der Waals surface area contributed by atoms with Crippen LogP contribution in [0, 0.1) is 0 Å². The zero-order chi connectivity index (χ0) is 12.1. The van der Waals surface area contributed by atoms with Crippen LogP contribution in [0.25, 0.3) is 0 Å². The number of amides is 1. The molecule has 0 bridgehead atoms. The van der Waals surface area contributed by atoms with Crippen molar-refractivity contribution in [1.82, 2.24) is 10.2 Å². The third kappa shape index (κ3) is 3.90. The summed E-state index contributed by atoms with van der Waals surface area (Å²) >= 11 is 0. The zero-order valence-electron chi connectivity index (χ0n) is 10.0. The van der Waals surface area contributed by atoms with Crippen LogP contribution in [-0.4, -0.2) is 37.5 Å². The lowest BCUT2D eigenvalue weighted by Crippen LogP contribution is -2.39. The molecular weight excluding hydrogens is 202 g/mol. The Morgan fingerprint density at radius 3 is 2.75 bits per heavy atom. The quantitative estimate of drug-likeness (QED) is 0.744. The SMILES string of the molecule is CC(CN(C)C)NC(=O)c1cccc(N)c1. The Hall–Kier alpha value is -1.55. The van der Waals surface area contributed by atoms with Gasteiger partial charge in [-0.2, -0.15) is 0 Å². The molecule has 4 heteroatoms. The Bertz CT molecular complexity index is 363. The van der Waals surface area contributed by atoms with Gasteiger partial charge in [-0.3, -0.25) is 4.79 Å². The van der Waals surface area contributed by atoms with Crippen molar-refractivity contribution in [2.45, 2.75) is 13.0 Å². The summed E-state index contributed by atoms with van der Waals surface area (Å²) < 4.78 is 0. The van der Waals surface area contributed by atoms with E-state index < -0.39 is 0 Å². The van der Waals surface area contributed by atoms with Crippen LogP contribution in [0.15, 0.2) is 24.3 Å². The molecule has 3 N–H and O–H groups in total. The fraction of sp³-hybridized carbons (Fsp3) is 0.417. The third-order valence-electron chi connectivity index (χ3n) is 2.17. The van der Waals surface area contributed by atoms with Crippen molar-refractivity contribution < 1.29 is 4.79 Å². The van der Waals surface area contributed by atoms with Gasteiger partial charge in [0.1, 0.15) is 0 Å². The lowest BCUT2D eigenvalue weighted by Gasteiger charge is -2.18. The average Bonchev–Trinajstić information content (AvgIpc) is 2.16. The number of likely N-dealkylation sites (N-methyl/N-ethyl adjacent to an activating group) is 1. The van der Waals surface area contributed by atoms with E-state index in [1.165, 1.54) is 0 Å². The van der Waals surface area contributed by atoms with Crippen molar-refractivity contribution in [3.8, 4) is 0 Å². The topological polar surface area (TPSA) is 58.4 Å². The monoisotopic (exact) mass is 221 g/mol. The molecule has 1 aromatic rings. The first-order chi connectivity index (χ1) is 7.49. The molecule has 1 rings (SSSR count). The summed E-state index contributed by atoms with van der Waals surface area (Å²) in [6.45, 7) is 2.79. The van der Waals surface area contributed by atoms with E-state index in [2.05, 4.69) is 5.32 Å². The minimum absolute atomic E-state index is 0.0818. The van der Waals surface area contributed by atoms with E-state index in [0.717, 1.165) is 6.54 Å². The predicted octanol–water partition coefficient (Wildman–Crippen LogP) is 0.949. The number of carbonyl (C=O) groups is 1. The van der Waals surface area contributed by atoms with E-state index in [-0.39, 0.29) is 11.9 Å². The van der Waals surface area contributed by atoms with Crippen molar-refractivity contribution in [3.05, 3.63) is 29.8 Å². The molecular formula is C12H19N3O. The second-order valence-electron chi connectivity index (χ2n) is 4.26. The molecule has 0 aliphatic heterocycles. The van der Waals surface area contributed by atoms with Crippen LogP contribution in [0.2, 0.25) is 0 Å². The van der Waals surface area contributed by atoms with Crippen LogP contribution in [-0.2, 0) is 0 Å². The lowest BCUT2D eigenvalue weighted by atomic mass is 10.2. The average molecular weight is 221 g/mol. The Balaban J connectivity index is 2.59. The first-order valence-corrected chi connectivity index (χ1v) is 5.30. The number of benzene rings is 1. The number of nitrogens with one attached hydrogen (secondary N) is 1. The second-order valence-corrected chi connectivity index (χ2v) is 4.26. The number of nitrogen functional groups attached to an aromatic ring is 1. The Kier molecular flexibility index (Phi) is 4.31. The number of nitrogens with zero attached hydrogens (tertiary/aromatic N) is 1. The number of carbonyl (C=O) groups excluding carboxylic acids is 1. The van der Waals surface area contributed by atoms with Crippen LogP contribution in [0.3, 0.4) is 0 Å². The number of hydrogen-bond acceptors (Lipinski definition) is 3. The van der Waals surface area contributed by atoms with Crippen LogP contribution >= 0.6 is 0 Å². The summed E-state index contributed by atoms with van der Waals surface area (Å²) in [6.07, 6.45) is 0. The van der Waals surface area contributed by atoms with Crippen molar-refractivity contribution >= 4 is 11.6 Å². The van der Waals surface area contributed by atoms with Gasteiger partial charge in [-0.15, -0.1) is 0 Å². The summed E-state index contributed by atoms with van der Waals surface area (Å²) in [4.78, 5) is 13.8. The standard InChI is InChI=1S/C12H19N3O/c1-9(8-15(2)3)14-12(16)10-5-4-6-11(13)7-10/h4-7,9H,8,13H2,1-3H3,(H,14,16). The van der Waals surface area contributed by atoms with Crippen LogP contribution in [0.1, 0.15) is 17.3 Å². The van der Waals surface area contributed by atoms with Crippen LogP contribution < -0.4 is 11.1 Å². The fourth-order valence-corrected chi connectivity index (χ4v) is 1.58. The van der Waals surface area contributed by atoms with E-state index in [0.29, 0.717) is 11.3 Å². The number of anilines is 1. The highest BCUT2D eigenvalue weighted by Crippen LogP contribution is 2.06. The van der Waals surface area contributed by atoms with Gasteiger partial charge in [0.15, 0.2) is 0 Å². The molecule has 88 valence electrons. The Morgan fingerprint density at radius 2 is 2.19 bits per heavy atom. The molecule has 0 radical (unpaired) electrons. The summed E-state index contributed by atoms with van der Waals surface area (Å²) in [6, 6.07) is 7.09. The lowest BCUT2D eigenvalue weighted by molar-refractivity contribution is 0.0934. The minimum Gasteiger partial charge on any atom is -0.399 e. The van der Waals surface area contributed by atoms with Crippen LogP contribution in [0.4, 0.5) is 5.69 Å². The second kappa shape index (κ2) is 5.51. The van der Waals surface area contributed by atoms with Gasteiger partial charge in [0.2, 0.25) is 0 Å². The maximum atomic E-state index is 11.8. The summed E-state index contributed by atoms with van der Waals surface area (Å²) in [5.74, 6) is -0.0818. The smallest absolute Gasteiger partial charge is 0.251 e. The molecule has 16 heavy (non-hydrogen) atoms. The molecule has 0 aromatic heterocycles. The molecule has 0 spiro atoms. The molecule has 0 saturated carbocycles. The molecule has 1 atom stereocenters. The maximum absolute atomic E-state index is 11.8. The van der Waals surface area contributed by atoms with Crippen molar-refractivity contribution in [2.75, 3.05) is 26.4 Å². The normalized spacial score (nSPS) is 12.5. The molecule has 0 aliphatic carbocycles. The highest BCUT2D eigenvalue weighted by atomic mass is 16.1. The van der Waals surface area contributed by atoms with Gasteiger partial charge in [-0.25, -0.2) is 0 Å². The third-order valence-corrected chi connectivity index (χ3v) is 2.17. The first-order valence-electron chi connectivity index (χ1n) is 5.30. The highest BCUT2D eigenvalue weighted by Gasteiger charge is 2.10. The minimum atomic E-state index is -0.0818. The predicted molar refractivity (Wildman–Crippen MR) is 66.3 cm³/mol. The largest absolute Gasteiger partial charge is 0.399 e. The number of hydrogen-bond donors (Lipinski definition) is 2. The van der Waals surface area contributed by atoms with E-state index in [9.17, 15) is 4.79 Å². The summed E-state index contributed by atoms with van der Waals surface area (Å²) in [7, 11) is 3.95. The summed E-state index contributed by atoms with van der Waals surface area (Å²) in [5, 5.41) is 2.92. The maximum Gasteiger partial charge on any atom is 0.251 e. The van der Waals surface area contributed by atoms with Crippen LogP contribution in [0.5, 0.6) is 0 Å². The molecule has 1 amide bonds. The van der Waals surface area contributed by atoms with Gasteiger partial charge in [0.05, 0.1) is 0 Å². The van der Waals surface area contributed by atoms with E-state index in [1.54, 1.807) is 24.3 Å². The van der Waals surface area contributed by atoms with Crippen molar-refractivity contribution in [2.24, 2.45) is 0 Å². The molecule has 0 saturated heterocycles. The van der Waals surface area contributed by atoms with Gasteiger partial charge in [-0.05, 0) is 39.2 Å². The van der Waals surface area contributed by atoms with Gasteiger partial charge in [0, 0.05) is 23.8 Å². The Labute approximate surface area is 96.4 Å². The van der Waals surface area contributed by atoms with Gasteiger partial charge in [-0.1, -0.05) is 6.07 Å². The zero-order valence-corrected chi connectivity index (χ0v) is 10.0. The highest BCUT2D eigenvalue weighted by molar-refractivity contribution is 5.95. The molecule has 4 nitrogen and oxygen atoms in total. The number of nitrogens with two attached hydrogens (primary N) is 1. The molecule has 0 fully saturated rings. The fourth-order valence-electron chi connectivity index (χ4n) is 1.58. The molecule has 1 unspecified atom stereocenters. The molecule has 1 aromatic carbocycles. The van der Waals surface area contributed by atoms with E-state index in [4.69, 9.17) is 5.73 Å². The van der Waals surface area contributed by atoms with E-state index in [1.807, 2.05) is 25.9 Å². The first kappa shape index (κ1) is 12.5. The van der Waals surface area contributed by atoms with Gasteiger partial charge < -0.3 is 16.0 Å². The van der Waals surface area contributed by atoms with Crippen molar-refractivity contribution in [3.63, 3.8) is 0 Å². The van der Waals surface area contributed by atoms with E-state index >= 15 is 0 Å². The van der Waals surface area contributed by atoms with Gasteiger partial charge in [0.25, 0.3) is 5.91 Å². The number of rotatable bonds is 4. The molecule has 0 aliphatic rings. The molecule has 0 heterocycles. The summed E-state index contributed by atoms with van der Waals surface area (Å²) in [5.41, 5.74) is 6.83.